The fourth-order valence-corrected chi connectivity index (χ4v) is 5.00. The van der Waals surface area contributed by atoms with Gasteiger partial charge < -0.3 is 19.5 Å². The van der Waals surface area contributed by atoms with Gasteiger partial charge in [-0.25, -0.2) is 4.99 Å². The predicted octanol–water partition coefficient (Wildman–Crippen LogP) is 6.59. The Morgan fingerprint density at radius 3 is 2.23 bits per heavy atom. The quantitative estimate of drug-likeness (QED) is 0.203. The van der Waals surface area contributed by atoms with Crippen molar-refractivity contribution in [3.63, 3.8) is 0 Å². The minimum Gasteiger partial charge on any atom is -0.497 e. The number of aromatic nitrogens is 1. The maximum atomic E-state index is 13.3. The van der Waals surface area contributed by atoms with Crippen LogP contribution in [0.5, 0.6) is 17.2 Å². The van der Waals surface area contributed by atoms with Crippen molar-refractivity contribution in [2.45, 2.75) is 19.9 Å². The van der Waals surface area contributed by atoms with Gasteiger partial charge in [0, 0.05) is 11.8 Å². The zero-order valence-electron chi connectivity index (χ0n) is 22.2. The van der Waals surface area contributed by atoms with Crippen LogP contribution in [0.15, 0.2) is 87.1 Å². The van der Waals surface area contributed by atoms with E-state index in [-0.39, 0.29) is 34.0 Å². The molecule has 1 N–H and O–H groups in total. The van der Waals surface area contributed by atoms with Crippen LogP contribution in [0.4, 0.5) is 11.4 Å². The number of hydrogen-bond acceptors (Lipinski definition) is 7. The average molecular weight is 691 g/mol. The average Bonchev–Trinajstić information content (AvgIpc) is 2.95. The molecule has 40 heavy (non-hydrogen) atoms. The molecule has 0 aliphatic heterocycles. The molecule has 1 aromatic heterocycles. The van der Waals surface area contributed by atoms with Crippen LogP contribution in [0.2, 0.25) is 0 Å². The number of amides is 1. The highest BCUT2D eigenvalue weighted by Gasteiger charge is 2.14. The molecular weight excluding hydrogens is 662 g/mol. The molecule has 8 nitrogen and oxygen atoms in total. The molecular formula is C29H29Br2N3O5S. The number of halogens is 2. The van der Waals surface area contributed by atoms with Crippen molar-refractivity contribution in [3.05, 3.63) is 103 Å². The second-order valence-corrected chi connectivity index (χ2v) is 10.3. The zero-order valence-corrected chi connectivity index (χ0v) is 26.3. The smallest absolute Gasteiger partial charge is 0.266 e. The molecule has 4 aromatic rings. The van der Waals surface area contributed by atoms with Crippen LogP contribution >= 0.6 is 44.2 Å². The van der Waals surface area contributed by atoms with Crippen LogP contribution in [0.25, 0.3) is 0 Å². The number of benzene rings is 3. The first-order chi connectivity index (χ1) is 18.9. The molecule has 0 saturated heterocycles. The van der Waals surface area contributed by atoms with Crippen molar-refractivity contribution < 1.29 is 19.0 Å². The SMILES string of the molecule is Br.CCCOc1ccc(NC(=O)c2cc(=O)n(Cc3ccc(OC)cc3)c(=Nc3ccc(OC)cc3)s2)cc1Br. The highest BCUT2D eigenvalue weighted by Crippen LogP contribution is 2.28. The van der Waals surface area contributed by atoms with Crippen LogP contribution < -0.4 is 29.9 Å². The topological polar surface area (TPSA) is 91.2 Å². The summed E-state index contributed by atoms with van der Waals surface area (Å²) >= 11 is 4.62. The first-order valence-electron chi connectivity index (χ1n) is 12.2. The van der Waals surface area contributed by atoms with Gasteiger partial charge in [0.25, 0.3) is 11.5 Å². The molecule has 11 heteroatoms. The number of rotatable bonds is 10. The standard InChI is InChI=1S/C29H28BrN3O5S.BrH/c1-4-15-38-25-14-9-21(16-24(25)30)31-28(35)26-17-27(34)33(18-19-5-10-22(36-2)11-6-19)29(39-26)32-20-7-12-23(37-3)13-8-20;/h5-14,16-17H,4,15,18H2,1-3H3,(H,31,35);1H. The molecule has 0 aliphatic carbocycles. The Bertz CT molecular complexity index is 1570. The maximum Gasteiger partial charge on any atom is 0.266 e. The minimum absolute atomic E-state index is 0. The number of carbonyl (C=O) groups excluding carboxylic acids is 1. The third kappa shape index (κ3) is 8.06. The highest BCUT2D eigenvalue weighted by molar-refractivity contribution is 9.10. The Hall–Kier alpha value is -3.41. The molecule has 0 unspecified atom stereocenters. The first kappa shape index (κ1) is 31.1. The summed E-state index contributed by atoms with van der Waals surface area (Å²) in [5.74, 6) is 1.70. The van der Waals surface area contributed by atoms with Gasteiger partial charge in [0.05, 0.1) is 37.5 Å². The van der Waals surface area contributed by atoms with Crippen molar-refractivity contribution in [1.29, 1.82) is 0 Å². The van der Waals surface area contributed by atoms with Crippen molar-refractivity contribution in [2.24, 2.45) is 4.99 Å². The molecule has 0 aliphatic rings. The van der Waals surface area contributed by atoms with E-state index in [2.05, 4.69) is 21.2 Å². The zero-order chi connectivity index (χ0) is 27.8. The van der Waals surface area contributed by atoms with Crippen LogP contribution in [0.1, 0.15) is 28.6 Å². The Morgan fingerprint density at radius 2 is 1.62 bits per heavy atom. The molecule has 0 bridgehead atoms. The Labute approximate surface area is 255 Å². The highest BCUT2D eigenvalue weighted by atomic mass is 79.9. The van der Waals surface area contributed by atoms with E-state index >= 15 is 0 Å². The fourth-order valence-electron chi connectivity index (χ4n) is 3.59. The summed E-state index contributed by atoms with van der Waals surface area (Å²) in [6.45, 7) is 2.91. The summed E-state index contributed by atoms with van der Waals surface area (Å²) in [7, 11) is 3.19. The van der Waals surface area contributed by atoms with Gasteiger partial charge in [-0.05, 0) is 82.5 Å². The van der Waals surface area contributed by atoms with E-state index in [0.29, 0.717) is 34.3 Å². The van der Waals surface area contributed by atoms with E-state index in [0.717, 1.165) is 33.5 Å². The van der Waals surface area contributed by atoms with Gasteiger partial charge in [-0.3, -0.25) is 14.2 Å². The van der Waals surface area contributed by atoms with E-state index in [4.69, 9.17) is 19.2 Å². The Morgan fingerprint density at radius 1 is 0.975 bits per heavy atom. The minimum atomic E-state index is -0.408. The van der Waals surface area contributed by atoms with Crippen LogP contribution in [-0.4, -0.2) is 31.3 Å². The lowest BCUT2D eigenvalue weighted by atomic mass is 10.2. The molecule has 210 valence electrons. The predicted molar refractivity (Wildman–Crippen MR) is 167 cm³/mol. The van der Waals surface area contributed by atoms with Crippen molar-refractivity contribution >= 4 is 61.5 Å². The van der Waals surface area contributed by atoms with Crippen molar-refractivity contribution in [1.82, 2.24) is 4.57 Å². The molecule has 1 amide bonds. The molecule has 0 radical (unpaired) electrons. The number of anilines is 1. The molecule has 1 heterocycles. The largest absolute Gasteiger partial charge is 0.497 e. The van der Waals surface area contributed by atoms with E-state index in [1.165, 1.54) is 6.07 Å². The van der Waals surface area contributed by atoms with Gasteiger partial charge in [0.15, 0.2) is 4.80 Å². The van der Waals surface area contributed by atoms with E-state index in [1.54, 1.807) is 61.3 Å². The lowest BCUT2D eigenvalue weighted by Gasteiger charge is -2.11. The number of methoxy groups -OCH3 is 2. The molecule has 0 saturated carbocycles. The van der Waals surface area contributed by atoms with Crippen LogP contribution in [-0.2, 0) is 6.54 Å². The van der Waals surface area contributed by atoms with Gasteiger partial charge >= 0.3 is 0 Å². The van der Waals surface area contributed by atoms with Crippen molar-refractivity contribution in [2.75, 3.05) is 26.1 Å². The van der Waals surface area contributed by atoms with Gasteiger partial charge in [0.2, 0.25) is 0 Å². The molecule has 0 fully saturated rings. The third-order valence-electron chi connectivity index (χ3n) is 5.62. The summed E-state index contributed by atoms with van der Waals surface area (Å²) in [6, 6.07) is 21.3. The van der Waals surface area contributed by atoms with Gasteiger partial charge in [-0.2, -0.15) is 0 Å². The number of nitrogens with one attached hydrogen (secondary N) is 1. The summed E-state index contributed by atoms with van der Waals surface area (Å²) < 4.78 is 18.4. The van der Waals surface area contributed by atoms with Gasteiger partial charge in [-0.15, -0.1) is 17.0 Å². The number of nitrogens with zero attached hydrogens (tertiary/aromatic N) is 2. The lowest BCUT2D eigenvalue weighted by Crippen LogP contribution is -2.33. The second-order valence-electron chi connectivity index (χ2n) is 8.42. The number of carbonyl (C=O) groups is 1. The van der Waals surface area contributed by atoms with Crippen LogP contribution in [0, 0.1) is 0 Å². The maximum absolute atomic E-state index is 13.3. The number of hydrogen-bond donors (Lipinski definition) is 1. The normalized spacial score (nSPS) is 10.9. The van der Waals surface area contributed by atoms with Crippen LogP contribution in [0.3, 0.4) is 0 Å². The monoisotopic (exact) mass is 689 g/mol. The van der Waals surface area contributed by atoms with E-state index in [1.807, 2.05) is 31.2 Å². The molecule has 0 atom stereocenters. The number of ether oxygens (including phenoxy) is 3. The lowest BCUT2D eigenvalue weighted by molar-refractivity contribution is 0.103. The first-order valence-corrected chi connectivity index (χ1v) is 13.8. The van der Waals surface area contributed by atoms with Crippen molar-refractivity contribution in [3.8, 4) is 17.2 Å². The summed E-state index contributed by atoms with van der Waals surface area (Å²) in [5, 5.41) is 2.86. The molecule has 4 rings (SSSR count). The Kier molecular flexibility index (Phi) is 11.5. The molecule has 3 aromatic carbocycles. The molecule has 0 spiro atoms. The summed E-state index contributed by atoms with van der Waals surface area (Å²) in [6.07, 6.45) is 0.889. The summed E-state index contributed by atoms with van der Waals surface area (Å²) in [5.41, 5.74) is 1.74. The van der Waals surface area contributed by atoms with Gasteiger partial charge in [-0.1, -0.05) is 30.4 Å². The third-order valence-corrected chi connectivity index (χ3v) is 7.26. The van der Waals surface area contributed by atoms with E-state index < -0.39 is 5.91 Å². The summed E-state index contributed by atoms with van der Waals surface area (Å²) in [4.78, 5) is 31.8. The fraction of sp³-hybridized carbons (Fsp3) is 0.207. The van der Waals surface area contributed by atoms with Gasteiger partial charge in [0.1, 0.15) is 22.1 Å². The second kappa shape index (κ2) is 14.8. The Balaban J connectivity index is 0.00000441. The van der Waals surface area contributed by atoms with E-state index in [9.17, 15) is 9.59 Å².